The molecule has 0 atom stereocenters. The molecule has 1 aliphatic rings. The Morgan fingerprint density at radius 2 is 1.94 bits per heavy atom. The van der Waals surface area contributed by atoms with Crippen molar-refractivity contribution in [1.82, 2.24) is 0 Å². The second-order valence-corrected chi connectivity index (χ2v) is 5.51. The van der Waals surface area contributed by atoms with Crippen molar-refractivity contribution in [2.24, 2.45) is 5.92 Å². The van der Waals surface area contributed by atoms with Gasteiger partial charge in [-0.1, -0.05) is 23.2 Å². The van der Waals surface area contributed by atoms with Gasteiger partial charge in [-0.15, -0.1) is 0 Å². The van der Waals surface area contributed by atoms with Crippen LogP contribution in [0.3, 0.4) is 0 Å². The van der Waals surface area contributed by atoms with Crippen molar-refractivity contribution >= 4 is 34.6 Å². The summed E-state index contributed by atoms with van der Waals surface area (Å²) in [5, 5.41) is 10.2. The van der Waals surface area contributed by atoms with Crippen LogP contribution in [0.5, 0.6) is 0 Å². The fourth-order valence-electron chi connectivity index (χ4n) is 2.22. The SMILES string of the molecule is CN(CC1CC(O)C1)c1cc(Cl)c(Cl)cc1N. The Morgan fingerprint density at radius 1 is 1.35 bits per heavy atom. The molecule has 94 valence electrons. The van der Waals surface area contributed by atoms with E-state index in [1.807, 2.05) is 7.05 Å². The molecule has 1 aromatic carbocycles. The quantitative estimate of drug-likeness (QED) is 0.834. The number of aliphatic hydroxyl groups excluding tert-OH is 1. The Balaban J connectivity index is 2.08. The van der Waals surface area contributed by atoms with E-state index >= 15 is 0 Å². The van der Waals surface area contributed by atoms with Crippen LogP contribution < -0.4 is 10.6 Å². The molecule has 2 rings (SSSR count). The second kappa shape index (κ2) is 4.92. The van der Waals surface area contributed by atoms with Crippen LogP contribution in [-0.2, 0) is 0 Å². The normalized spacial score (nSPS) is 23.3. The maximum atomic E-state index is 9.26. The van der Waals surface area contributed by atoms with Crippen molar-refractivity contribution in [1.29, 1.82) is 0 Å². The van der Waals surface area contributed by atoms with Crippen molar-refractivity contribution < 1.29 is 5.11 Å². The first-order chi connectivity index (χ1) is 7.97. The zero-order valence-corrected chi connectivity index (χ0v) is 11.2. The van der Waals surface area contributed by atoms with Gasteiger partial charge in [0.25, 0.3) is 0 Å². The van der Waals surface area contributed by atoms with E-state index in [9.17, 15) is 5.11 Å². The highest BCUT2D eigenvalue weighted by Crippen LogP contribution is 2.35. The van der Waals surface area contributed by atoms with Gasteiger partial charge in [0.05, 0.1) is 27.5 Å². The molecule has 1 aromatic rings. The summed E-state index contributed by atoms with van der Waals surface area (Å²) in [6.07, 6.45) is 1.61. The van der Waals surface area contributed by atoms with Gasteiger partial charge in [-0.25, -0.2) is 0 Å². The first kappa shape index (κ1) is 12.8. The van der Waals surface area contributed by atoms with E-state index in [1.165, 1.54) is 0 Å². The van der Waals surface area contributed by atoms with Gasteiger partial charge in [-0.05, 0) is 30.9 Å². The summed E-state index contributed by atoms with van der Waals surface area (Å²) >= 11 is 11.9. The predicted molar refractivity (Wildman–Crippen MR) is 72.9 cm³/mol. The number of benzene rings is 1. The lowest BCUT2D eigenvalue weighted by atomic mass is 9.82. The number of nitrogens with zero attached hydrogens (tertiary/aromatic N) is 1. The summed E-state index contributed by atoms with van der Waals surface area (Å²) in [6.45, 7) is 0.874. The zero-order valence-electron chi connectivity index (χ0n) is 9.66. The van der Waals surface area contributed by atoms with Crippen LogP contribution in [0.2, 0.25) is 10.0 Å². The van der Waals surface area contributed by atoms with E-state index in [1.54, 1.807) is 12.1 Å². The van der Waals surface area contributed by atoms with Crippen LogP contribution in [0, 0.1) is 5.92 Å². The predicted octanol–water partition coefficient (Wildman–Crippen LogP) is 2.78. The summed E-state index contributed by atoms with van der Waals surface area (Å²) in [6, 6.07) is 3.46. The molecule has 1 fully saturated rings. The van der Waals surface area contributed by atoms with Crippen LogP contribution in [0.25, 0.3) is 0 Å². The molecular weight excluding hydrogens is 259 g/mol. The van der Waals surface area contributed by atoms with Crippen LogP contribution >= 0.6 is 23.2 Å². The third-order valence-corrected chi connectivity index (χ3v) is 3.95. The maximum Gasteiger partial charge on any atom is 0.0614 e. The minimum Gasteiger partial charge on any atom is -0.397 e. The van der Waals surface area contributed by atoms with E-state index in [4.69, 9.17) is 28.9 Å². The summed E-state index contributed by atoms with van der Waals surface area (Å²) in [5.74, 6) is 0.531. The molecule has 17 heavy (non-hydrogen) atoms. The Labute approximate surface area is 111 Å². The Morgan fingerprint density at radius 3 is 2.53 bits per heavy atom. The summed E-state index contributed by atoms with van der Waals surface area (Å²) in [5.41, 5.74) is 7.44. The minimum atomic E-state index is -0.125. The molecule has 1 saturated carbocycles. The smallest absolute Gasteiger partial charge is 0.0614 e. The fraction of sp³-hybridized carbons (Fsp3) is 0.500. The Bertz CT molecular complexity index is 419. The molecule has 0 unspecified atom stereocenters. The first-order valence-electron chi connectivity index (χ1n) is 5.61. The lowest BCUT2D eigenvalue weighted by molar-refractivity contribution is 0.0465. The van der Waals surface area contributed by atoms with Crippen molar-refractivity contribution in [3.63, 3.8) is 0 Å². The Kier molecular flexibility index (Phi) is 3.71. The Hall–Kier alpha value is -0.640. The van der Waals surface area contributed by atoms with Gasteiger partial charge in [0.15, 0.2) is 0 Å². The molecule has 0 spiro atoms. The largest absolute Gasteiger partial charge is 0.397 e. The lowest BCUT2D eigenvalue weighted by Gasteiger charge is -2.35. The molecule has 0 aliphatic heterocycles. The number of nitrogen functional groups attached to an aromatic ring is 1. The monoisotopic (exact) mass is 274 g/mol. The average molecular weight is 275 g/mol. The molecule has 0 saturated heterocycles. The van der Waals surface area contributed by atoms with E-state index < -0.39 is 0 Å². The van der Waals surface area contributed by atoms with Crippen LogP contribution in [-0.4, -0.2) is 24.8 Å². The van der Waals surface area contributed by atoms with Gasteiger partial charge in [0, 0.05) is 13.6 Å². The highest BCUT2D eigenvalue weighted by Gasteiger charge is 2.28. The van der Waals surface area contributed by atoms with Gasteiger partial charge in [-0.2, -0.15) is 0 Å². The maximum absolute atomic E-state index is 9.26. The summed E-state index contributed by atoms with van der Waals surface area (Å²) in [4.78, 5) is 2.06. The number of aliphatic hydroxyl groups is 1. The molecular formula is C12H16Cl2N2O. The van der Waals surface area contributed by atoms with E-state index in [0.29, 0.717) is 21.7 Å². The molecule has 1 aliphatic carbocycles. The second-order valence-electron chi connectivity index (χ2n) is 4.70. The van der Waals surface area contributed by atoms with Crippen molar-refractivity contribution in [3.8, 4) is 0 Å². The number of nitrogens with two attached hydrogens (primary N) is 1. The number of halogens is 2. The molecule has 0 bridgehead atoms. The first-order valence-corrected chi connectivity index (χ1v) is 6.36. The van der Waals surface area contributed by atoms with Gasteiger partial charge in [0.1, 0.15) is 0 Å². The molecule has 0 amide bonds. The van der Waals surface area contributed by atoms with E-state index in [2.05, 4.69) is 4.90 Å². The lowest BCUT2D eigenvalue weighted by Crippen LogP contribution is -2.37. The van der Waals surface area contributed by atoms with Crippen LogP contribution in [0.1, 0.15) is 12.8 Å². The average Bonchev–Trinajstić information content (AvgIpc) is 2.21. The molecule has 3 nitrogen and oxygen atoms in total. The number of hydrogen-bond acceptors (Lipinski definition) is 3. The minimum absolute atomic E-state index is 0.125. The van der Waals surface area contributed by atoms with Gasteiger partial charge in [-0.3, -0.25) is 0 Å². The van der Waals surface area contributed by atoms with Crippen LogP contribution in [0.4, 0.5) is 11.4 Å². The molecule has 0 heterocycles. The molecule has 0 radical (unpaired) electrons. The summed E-state index contributed by atoms with van der Waals surface area (Å²) in [7, 11) is 1.97. The molecule has 5 heteroatoms. The van der Waals surface area contributed by atoms with E-state index in [-0.39, 0.29) is 6.10 Å². The van der Waals surface area contributed by atoms with Crippen molar-refractivity contribution in [2.45, 2.75) is 18.9 Å². The highest BCUT2D eigenvalue weighted by molar-refractivity contribution is 6.42. The summed E-state index contributed by atoms with van der Waals surface area (Å²) < 4.78 is 0. The number of hydrogen-bond donors (Lipinski definition) is 2. The number of rotatable bonds is 3. The van der Waals surface area contributed by atoms with Gasteiger partial charge in [0.2, 0.25) is 0 Å². The van der Waals surface area contributed by atoms with Crippen molar-refractivity contribution in [2.75, 3.05) is 24.2 Å². The topological polar surface area (TPSA) is 49.5 Å². The van der Waals surface area contributed by atoms with E-state index in [0.717, 1.165) is 25.1 Å². The highest BCUT2D eigenvalue weighted by atomic mass is 35.5. The third-order valence-electron chi connectivity index (χ3n) is 3.22. The number of anilines is 2. The molecule has 3 N–H and O–H groups in total. The van der Waals surface area contributed by atoms with Crippen LogP contribution in [0.15, 0.2) is 12.1 Å². The van der Waals surface area contributed by atoms with Gasteiger partial charge < -0.3 is 15.7 Å². The molecule has 0 aromatic heterocycles. The zero-order chi connectivity index (χ0) is 12.6. The third kappa shape index (κ3) is 2.79. The van der Waals surface area contributed by atoms with Crippen molar-refractivity contribution in [3.05, 3.63) is 22.2 Å². The fourth-order valence-corrected chi connectivity index (χ4v) is 2.55. The van der Waals surface area contributed by atoms with Gasteiger partial charge >= 0.3 is 0 Å². The standard InChI is InChI=1S/C12H16Cl2N2O/c1-16(6-7-2-8(17)3-7)12-5-10(14)9(13)4-11(12)15/h4-5,7-8,17H,2-3,6,15H2,1H3.